The Kier molecular flexibility index (Phi) is 8.17. The van der Waals surface area contributed by atoms with Crippen LogP contribution in [0.4, 0.5) is 5.69 Å². The second kappa shape index (κ2) is 10.6. The van der Waals surface area contributed by atoms with Crippen molar-refractivity contribution >= 4 is 27.6 Å². The normalized spacial score (nSPS) is 15.8. The molecule has 2 aromatic carbocycles. The number of carbonyl (C=O) groups is 2. The number of anilines is 1. The van der Waals surface area contributed by atoms with Crippen molar-refractivity contribution in [2.75, 3.05) is 24.1 Å². The maximum absolute atomic E-state index is 11.5. The van der Waals surface area contributed by atoms with Crippen LogP contribution in [0.15, 0.2) is 54.6 Å². The van der Waals surface area contributed by atoms with E-state index in [-0.39, 0.29) is 17.4 Å². The van der Waals surface area contributed by atoms with Crippen LogP contribution < -0.4 is 10.0 Å². The van der Waals surface area contributed by atoms with Gasteiger partial charge in [0.05, 0.1) is 11.9 Å². The molecule has 0 fully saturated rings. The highest BCUT2D eigenvalue weighted by atomic mass is 32.2. The molecule has 31 heavy (non-hydrogen) atoms. The number of hydrogen-bond acceptors (Lipinski definition) is 6. The quantitative estimate of drug-likeness (QED) is 0.343. The number of sulfonamides is 1. The van der Waals surface area contributed by atoms with E-state index in [1.54, 1.807) is 12.1 Å². The number of phenolic OH excluding ortho intramolecular Hbond substituents is 1. The second-order valence-corrected chi connectivity index (χ2v) is 8.62. The molecular weight excluding hydrogens is 424 g/mol. The lowest BCUT2D eigenvalue weighted by atomic mass is 9.87. The second-order valence-electron chi connectivity index (χ2n) is 6.87. The summed E-state index contributed by atoms with van der Waals surface area (Å²) in [5.74, 6) is -2.43. The number of phenols is 1. The monoisotopic (exact) mass is 448 g/mol. The van der Waals surface area contributed by atoms with Crippen molar-refractivity contribution in [3.63, 3.8) is 0 Å². The smallest absolute Gasteiger partial charge is 0.328 e. The van der Waals surface area contributed by atoms with Gasteiger partial charge in [-0.05, 0) is 41.8 Å². The van der Waals surface area contributed by atoms with E-state index >= 15 is 0 Å². The predicted octanol–water partition coefficient (Wildman–Crippen LogP) is 1.75. The molecule has 3 rings (SSSR count). The Hall–Kier alpha value is -3.37. The molecule has 1 aliphatic rings. The molecule has 0 radical (unpaired) electrons. The molecule has 0 amide bonds. The molecule has 0 saturated carbocycles. The summed E-state index contributed by atoms with van der Waals surface area (Å²) >= 11 is 0. The van der Waals surface area contributed by atoms with Crippen molar-refractivity contribution in [1.82, 2.24) is 5.32 Å². The van der Waals surface area contributed by atoms with Crippen molar-refractivity contribution < 1.29 is 33.3 Å². The molecule has 0 bridgehead atoms. The first-order valence-corrected chi connectivity index (χ1v) is 11.2. The number of rotatable bonds is 5. The summed E-state index contributed by atoms with van der Waals surface area (Å²) in [6, 6.07) is 13.5. The number of hydrogen-bond donors (Lipinski definition) is 5. The van der Waals surface area contributed by atoms with Gasteiger partial charge in [0.15, 0.2) is 0 Å². The summed E-state index contributed by atoms with van der Waals surface area (Å²) in [7, 11) is -3.44. The van der Waals surface area contributed by atoms with Gasteiger partial charge in [0, 0.05) is 24.6 Å². The van der Waals surface area contributed by atoms with Crippen LogP contribution in [0.3, 0.4) is 0 Å². The number of carboxylic acid groups (broad SMARTS) is 2. The van der Waals surface area contributed by atoms with Crippen molar-refractivity contribution in [2.45, 2.75) is 12.3 Å². The highest BCUT2D eigenvalue weighted by molar-refractivity contribution is 7.92. The third-order valence-corrected chi connectivity index (χ3v) is 5.01. The van der Waals surface area contributed by atoms with Gasteiger partial charge in [-0.1, -0.05) is 30.3 Å². The van der Waals surface area contributed by atoms with Crippen molar-refractivity contribution in [3.05, 3.63) is 71.3 Å². The maximum atomic E-state index is 11.5. The topological polar surface area (TPSA) is 153 Å². The van der Waals surface area contributed by atoms with E-state index in [9.17, 15) is 23.1 Å². The zero-order chi connectivity index (χ0) is 23.0. The molecule has 9 nitrogen and oxygen atoms in total. The van der Waals surface area contributed by atoms with Crippen LogP contribution in [0, 0.1) is 0 Å². The summed E-state index contributed by atoms with van der Waals surface area (Å²) in [4.78, 5) is 19.1. The number of fused-ring (bicyclic) bond motifs is 1. The van der Waals surface area contributed by atoms with Gasteiger partial charge in [0.2, 0.25) is 10.0 Å². The van der Waals surface area contributed by atoms with Crippen LogP contribution in [0.25, 0.3) is 0 Å². The highest BCUT2D eigenvalue weighted by Gasteiger charge is 2.22. The van der Waals surface area contributed by atoms with E-state index in [4.69, 9.17) is 10.2 Å². The molecule has 1 heterocycles. The van der Waals surface area contributed by atoms with Crippen LogP contribution in [-0.2, 0) is 26.0 Å². The minimum atomic E-state index is -3.44. The number of nitrogens with one attached hydrogen (secondary N) is 2. The highest BCUT2D eigenvalue weighted by Crippen LogP contribution is 2.36. The van der Waals surface area contributed by atoms with Crippen LogP contribution in [0.1, 0.15) is 22.6 Å². The van der Waals surface area contributed by atoms with Crippen LogP contribution in [0.2, 0.25) is 0 Å². The van der Waals surface area contributed by atoms with E-state index in [1.165, 1.54) is 5.56 Å². The van der Waals surface area contributed by atoms with Gasteiger partial charge in [0.1, 0.15) is 5.75 Å². The van der Waals surface area contributed by atoms with E-state index in [1.807, 2.05) is 18.2 Å². The lowest BCUT2D eigenvalue weighted by Gasteiger charge is -2.20. The van der Waals surface area contributed by atoms with E-state index in [2.05, 4.69) is 22.2 Å². The van der Waals surface area contributed by atoms with Gasteiger partial charge >= 0.3 is 11.9 Å². The van der Waals surface area contributed by atoms with Gasteiger partial charge in [-0.2, -0.15) is 0 Å². The van der Waals surface area contributed by atoms with E-state index in [0.29, 0.717) is 12.2 Å². The fourth-order valence-electron chi connectivity index (χ4n) is 3.18. The summed E-state index contributed by atoms with van der Waals surface area (Å²) in [6.45, 7) is 1.61. The lowest BCUT2D eigenvalue weighted by molar-refractivity contribution is -0.134. The van der Waals surface area contributed by atoms with Gasteiger partial charge in [-0.3, -0.25) is 4.72 Å². The molecule has 2 aromatic rings. The van der Waals surface area contributed by atoms with Crippen molar-refractivity contribution in [2.24, 2.45) is 0 Å². The van der Waals surface area contributed by atoms with Crippen LogP contribution in [-0.4, -0.2) is 55.0 Å². The Morgan fingerprint density at radius 3 is 2.26 bits per heavy atom. The van der Waals surface area contributed by atoms with Crippen molar-refractivity contribution in [1.29, 1.82) is 0 Å². The average molecular weight is 448 g/mol. The van der Waals surface area contributed by atoms with Gasteiger partial charge in [-0.15, -0.1) is 0 Å². The van der Waals surface area contributed by atoms with Crippen LogP contribution in [0.5, 0.6) is 5.75 Å². The fourth-order valence-corrected chi connectivity index (χ4v) is 3.74. The number of benzene rings is 2. The molecule has 166 valence electrons. The average Bonchev–Trinajstić information content (AvgIpc) is 2.89. The number of carboxylic acids is 2. The number of aromatic hydroxyl groups is 1. The van der Waals surface area contributed by atoms with Crippen molar-refractivity contribution in [3.8, 4) is 5.75 Å². The van der Waals surface area contributed by atoms with Crippen LogP contribution >= 0.6 is 0 Å². The minimum Gasteiger partial charge on any atom is -0.506 e. The molecule has 0 aliphatic carbocycles. The molecule has 1 aliphatic heterocycles. The molecule has 5 N–H and O–H groups in total. The molecule has 1 unspecified atom stereocenters. The Morgan fingerprint density at radius 2 is 1.71 bits per heavy atom. The number of aliphatic carboxylic acids is 2. The molecule has 10 heteroatoms. The largest absolute Gasteiger partial charge is 0.506 e. The van der Waals surface area contributed by atoms with Gasteiger partial charge < -0.3 is 20.6 Å². The van der Waals surface area contributed by atoms with E-state index < -0.39 is 22.0 Å². The lowest BCUT2D eigenvalue weighted by Crippen LogP contribution is -2.20. The zero-order valence-electron chi connectivity index (χ0n) is 16.8. The zero-order valence-corrected chi connectivity index (χ0v) is 17.6. The fraction of sp³-hybridized carbons (Fsp3) is 0.238. The first-order valence-electron chi connectivity index (χ1n) is 9.30. The molecule has 0 aromatic heterocycles. The molecule has 1 atom stereocenters. The third kappa shape index (κ3) is 7.76. The Bertz CT molecular complexity index is 1050. The molecule has 0 spiro atoms. The first-order chi connectivity index (χ1) is 14.6. The minimum absolute atomic E-state index is 0.0390. The summed E-state index contributed by atoms with van der Waals surface area (Å²) in [5.41, 5.74) is 3.48. The SMILES string of the molecule is CS(=O)(=O)Nc1cc2c(cc1O)CCNCC2c1ccccc1.O=C(O)C=CC(=O)O. The standard InChI is InChI=1S/C17H20N2O3S.C4H4O4/c1-23(21,22)19-16-10-14-13(9-17(16)20)7-8-18-11-15(14)12-5-3-2-4-6-12;5-3(6)1-2-4(7)8/h2-6,9-10,15,18-20H,7-8,11H2,1H3;1-2H,(H,5,6)(H,7,8). The third-order valence-electron chi connectivity index (χ3n) is 4.42. The molecular formula is C21H24N2O7S. The van der Waals surface area contributed by atoms with Gasteiger partial charge in [-0.25, -0.2) is 18.0 Å². The summed E-state index contributed by atoms with van der Waals surface area (Å²) < 4.78 is 25.4. The Morgan fingerprint density at radius 1 is 1.10 bits per heavy atom. The van der Waals surface area contributed by atoms with Gasteiger partial charge in [0.25, 0.3) is 0 Å². The first kappa shape index (κ1) is 23.9. The Balaban J connectivity index is 0.000000366. The summed E-state index contributed by atoms with van der Waals surface area (Å²) in [6.07, 6.45) is 2.99. The predicted molar refractivity (Wildman–Crippen MR) is 116 cm³/mol. The Labute approximate surface area is 180 Å². The molecule has 0 saturated heterocycles. The summed E-state index contributed by atoms with van der Waals surface area (Å²) in [5, 5.41) is 29.2. The maximum Gasteiger partial charge on any atom is 0.328 e. The van der Waals surface area contributed by atoms with E-state index in [0.717, 1.165) is 36.9 Å².